The van der Waals surface area contributed by atoms with Crippen molar-refractivity contribution in [3.63, 3.8) is 0 Å². The number of aromatic nitrogens is 5. The summed E-state index contributed by atoms with van der Waals surface area (Å²) in [7, 11) is 1.87. The third kappa shape index (κ3) is 3.80. The Morgan fingerprint density at radius 3 is 2.84 bits per heavy atom. The molecule has 0 radical (unpaired) electrons. The van der Waals surface area contributed by atoms with Crippen LogP contribution in [0.2, 0.25) is 0 Å². The lowest BCUT2D eigenvalue weighted by Crippen LogP contribution is -2.16. The number of hydrogen-bond donors (Lipinski definition) is 2. The fourth-order valence-electron chi connectivity index (χ4n) is 3.40. The van der Waals surface area contributed by atoms with E-state index in [1.807, 2.05) is 56.0 Å². The second-order valence-corrected chi connectivity index (χ2v) is 8.15. The van der Waals surface area contributed by atoms with Gasteiger partial charge in [-0.05, 0) is 42.8 Å². The third-order valence-electron chi connectivity index (χ3n) is 4.92. The molecule has 5 aromatic rings. The standard InChI is InChI=1S/C22H20N6O2S/c1-13(10-29)30-19-6-14(15-8-26-28(2)9-15)5-18-21(19)22(24-11-23-18)27-16-3-4-17-20(7-16)31-12-25-17/h3-9,11-13,29H,10H2,1-2H3,(H,23,24,27)/t13-/m1/s1. The van der Waals surface area contributed by atoms with Crippen molar-refractivity contribution in [2.24, 2.45) is 7.05 Å². The van der Waals surface area contributed by atoms with Gasteiger partial charge in [0, 0.05) is 24.5 Å². The molecule has 2 aromatic carbocycles. The van der Waals surface area contributed by atoms with Gasteiger partial charge >= 0.3 is 0 Å². The van der Waals surface area contributed by atoms with Gasteiger partial charge < -0.3 is 15.2 Å². The summed E-state index contributed by atoms with van der Waals surface area (Å²) in [5, 5.41) is 18.0. The van der Waals surface area contributed by atoms with Gasteiger partial charge in [0.2, 0.25) is 0 Å². The largest absolute Gasteiger partial charge is 0.487 e. The van der Waals surface area contributed by atoms with E-state index < -0.39 is 0 Å². The maximum atomic E-state index is 9.55. The van der Waals surface area contributed by atoms with E-state index in [9.17, 15) is 5.11 Å². The van der Waals surface area contributed by atoms with Crippen LogP contribution in [0.4, 0.5) is 11.5 Å². The molecule has 31 heavy (non-hydrogen) atoms. The summed E-state index contributed by atoms with van der Waals surface area (Å²) in [6.07, 6.45) is 4.88. The van der Waals surface area contributed by atoms with Gasteiger partial charge in [0.1, 0.15) is 24.0 Å². The zero-order valence-electron chi connectivity index (χ0n) is 17.0. The van der Waals surface area contributed by atoms with E-state index in [2.05, 4.69) is 25.4 Å². The first-order valence-corrected chi connectivity index (χ1v) is 10.6. The summed E-state index contributed by atoms with van der Waals surface area (Å²) in [4.78, 5) is 13.3. The molecule has 1 atom stereocenters. The number of rotatable bonds is 6. The van der Waals surface area contributed by atoms with Crippen molar-refractivity contribution in [2.45, 2.75) is 13.0 Å². The molecule has 3 heterocycles. The first-order valence-electron chi connectivity index (χ1n) is 9.76. The first-order chi connectivity index (χ1) is 15.1. The summed E-state index contributed by atoms with van der Waals surface area (Å²) in [6.45, 7) is 1.72. The molecule has 5 rings (SSSR count). The monoisotopic (exact) mass is 432 g/mol. The van der Waals surface area contributed by atoms with E-state index in [1.54, 1.807) is 22.2 Å². The minimum Gasteiger partial charge on any atom is -0.487 e. The molecule has 0 bridgehead atoms. The van der Waals surface area contributed by atoms with Gasteiger partial charge in [0.05, 0.1) is 39.4 Å². The maximum absolute atomic E-state index is 9.55. The second kappa shape index (κ2) is 7.93. The van der Waals surface area contributed by atoms with Crippen LogP contribution in [0.25, 0.3) is 32.2 Å². The fraction of sp³-hybridized carbons (Fsp3) is 0.182. The van der Waals surface area contributed by atoms with Gasteiger partial charge in [-0.25, -0.2) is 15.0 Å². The van der Waals surface area contributed by atoms with Crippen LogP contribution in [-0.2, 0) is 7.05 Å². The van der Waals surface area contributed by atoms with Crippen molar-refractivity contribution >= 4 is 44.0 Å². The molecule has 0 spiro atoms. The molecular formula is C22H20N6O2S. The van der Waals surface area contributed by atoms with Crippen molar-refractivity contribution in [1.29, 1.82) is 0 Å². The van der Waals surface area contributed by atoms with Crippen LogP contribution in [0.1, 0.15) is 6.92 Å². The number of aliphatic hydroxyl groups is 1. The topological polar surface area (TPSA) is 98.0 Å². The van der Waals surface area contributed by atoms with Crippen LogP contribution in [-0.4, -0.2) is 42.5 Å². The third-order valence-corrected chi connectivity index (χ3v) is 5.71. The summed E-state index contributed by atoms with van der Waals surface area (Å²) >= 11 is 1.59. The Kier molecular flexibility index (Phi) is 4.97. The molecule has 0 aliphatic rings. The van der Waals surface area contributed by atoms with Crippen molar-refractivity contribution in [3.05, 3.63) is 54.6 Å². The molecule has 0 amide bonds. The Balaban J connectivity index is 1.64. The lowest BCUT2D eigenvalue weighted by molar-refractivity contribution is 0.131. The highest BCUT2D eigenvalue weighted by molar-refractivity contribution is 7.16. The number of nitrogens with one attached hydrogen (secondary N) is 1. The number of aliphatic hydroxyl groups excluding tert-OH is 1. The molecule has 156 valence electrons. The summed E-state index contributed by atoms with van der Waals surface area (Å²) in [5.41, 5.74) is 6.31. The number of ether oxygens (including phenoxy) is 1. The Morgan fingerprint density at radius 2 is 2.03 bits per heavy atom. The maximum Gasteiger partial charge on any atom is 0.145 e. The van der Waals surface area contributed by atoms with Crippen LogP contribution in [0.3, 0.4) is 0 Å². The van der Waals surface area contributed by atoms with E-state index in [-0.39, 0.29) is 12.7 Å². The van der Waals surface area contributed by atoms with E-state index >= 15 is 0 Å². The summed E-state index contributed by atoms with van der Waals surface area (Å²) in [5.74, 6) is 1.23. The van der Waals surface area contributed by atoms with Crippen molar-refractivity contribution < 1.29 is 9.84 Å². The van der Waals surface area contributed by atoms with Crippen molar-refractivity contribution in [2.75, 3.05) is 11.9 Å². The van der Waals surface area contributed by atoms with Crippen LogP contribution in [0.15, 0.2) is 54.6 Å². The van der Waals surface area contributed by atoms with Crippen LogP contribution in [0.5, 0.6) is 5.75 Å². The number of hydrogen-bond acceptors (Lipinski definition) is 8. The molecule has 8 nitrogen and oxygen atoms in total. The molecule has 0 unspecified atom stereocenters. The Bertz CT molecular complexity index is 1380. The van der Waals surface area contributed by atoms with Gasteiger partial charge in [0.25, 0.3) is 0 Å². The lowest BCUT2D eigenvalue weighted by atomic mass is 10.1. The Hall–Kier alpha value is -3.56. The average Bonchev–Trinajstić information content (AvgIpc) is 3.42. The van der Waals surface area contributed by atoms with Crippen LogP contribution >= 0.6 is 11.3 Å². The number of benzene rings is 2. The SMILES string of the molecule is C[C@H](CO)Oc1cc(-c2cnn(C)c2)cc2ncnc(Nc3ccc4ncsc4c3)c12. The molecule has 2 N–H and O–H groups in total. The van der Waals surface area contributed by atoms with Gasteiger partial charge in [0.15, 0.2) is 0 Å². The van der Waals surface area contributed by atoms with Gasteiger partial charge in [-0.15, -0.1) is 11.3 Å². The molecular weight excluding hydrogens is 412 g/mol. The quantitative estimate of drug-likeness (QED) is 0.416. The molecule has 0 saturated carbocycles. The normalized spacial score (nSPS) is 12.4. The highest BCUT2D eigenvalue weighted by atomic mass is 32.1. The number of nitrogens with zero attached hydrogens (tertiary/aromatic N) is 5. The summed E-state index contributed by atoms with van der Waals surface area (Å²) < 4.78 is 8.92. The van der Waals surface area contributed by atoms with Gasteiger partial charge in [-0.1, -0.05) is 0 Å². The van der Waals surface area contributed by atoms with E-state index in [0.717, 1.165) is 37.9 Å². The predicted molar refractivity (Wildman–Crippen MR) is 122 cm³/mol. The smallest absolute Gasteiger partial charge is 0.145 e. The molecule has 0 aliphatic heterocycles. The number of thiazole rings is 1. The fourth-order valence-corrected chi connectivity index (χ4v) is 4.12. The number of anilines is 2. The van der Waals surface area contributed by atoms with Gasteiger partial charge in [-0.2, -0.15) is 5.10 Å². The second-order valence-electron chi connectivity index (χ2n) is 7.26. The number of fused-ring (bicyclic) bond motifs is 2. The van der Waals surface area contributed by atoms with E-state index in [0.29, 0.717) is 11.6 Å². The molecule has 0 aliphatic carbocycles. The highest BCUT2D eigenvalue weighted by Gasteiger charge is 2.16. The van der Waals surface area contributed by atoms with Crippen LogP contribution < -0.4 is 10.1 Å². The molecule has 9 heteroatoms. The summed E-state index contributed by atoms with van der Waals surface area (Å²) in [6, 6.07) is 9.91. The minimum atomic E-state index is -0.381. The molecule has 0 saturated heterocycles. The van der Waals surface area contributed by atoms with E-state index in [1.165, 1.54) is 6.33 Å². The van der Waals surface area contributed by atoms with Gasteiger partial charge in [-0.3, -0.25) is 4.68 Å². The zero-order chi connectivity index (χ0) is 21.4. The van der Waals surface area contributed by atoms with Crippen molar-refractivity contribution in [1.82, 2.24) is 24.7 Å². The Morgan fingerprint density at radius 1 is 1.13 bits per heavy atom. The lowest BCUT2D eigenvalue weighted by Gasteiger charge is -2.17. The van der Waals surface area contributed by atoms with E-state index in [4.69, 9.17) is 4.74 Å². The van der Waals surface area contributed by atoms with Crippen LogP contribution in [0, 0.1) is 0 Å². The molecule has 3 aromatic heterocycles. The highest BCUT2D eigenvalue weighted by Crippen LogP contribution is 2.37. The first kappa shape index (κ1) is 19.4. The number of aryl methyl sites for hydroxylation is 1. The predicted octanol–water partition coefficient (Wildman–Crippen LogP) is 4.14. The molecule has 0 fully saturated rings. The Labute approximate surface area is 182 Å². The zero-order valence-corrected chi connectivity index (χ0v) is 17.8. The van der Waals surface area contributed by atoms with Crippen molar-refractivity contribution in [3.8, 4) is 16.9 Å². The average molecular weight is 433 g/mol. The minimum absolute atomic E-state index is 0.100.